The first-order chi connectivity index (χ1) is 44.1. The Labute approximate surface area is 562 Å². The van der Waals surface area contributed by atoms with Crippen LogP contribution in [-0.4, -0.2) is 96.7 Å². The minimum Gasteiger partial charge on any atom is -0.462 e. The second-order valence-electron chi connectivity index (χ2n) is 28.0. The summed E-state index contributed by atoms with van der Waals surface area (Å²) in [6.45, 7) is 14.1. The molecule has 3 N–H and O–H groups in total. The third kappa shape index (κ3) is 65.4. The van der Waals surface area contributed by atoms with Crippen LogP contribution in [0.4, 0.5) is 0 Å². The van der Waals surface area contributed by atoms with Gasteiger partial charge in [0.05, 0.1) is 26.4 Å². The van der Waals surface area contributed by atoms with E-state index in [2.05, 4.69) is 55.4 Å². The first kappa shape index (κ1) is 90.1. The molecule has 6 atom stereocenters. The van der Waals surface area contributed by atoms with Crippen LogP contribution in [0.25, 0.3) is 0 Å². The molecule has 0 aliphatic rings. The lowest BCUT2D eigenvalue weighted by Crippen LogP contribution is -2.30. The van der Waals surface area contributed by atoms with Gasteiger partial charge in [-0.25, -0.2) is 9.13 Å². The molecule has 0 saturated carbocycles. The second kappa shape index (κ2) is 62.6. The van der Waals surface area contributed by atoms with E-state index in [1.165, 1.54) is 161 Å². The summed E-state index contributed by atoms with van der Waals surface area (Å²) in [5.41, 5.74) is 0. The van der Waals surface area contributed by atoms with Crippen LogP contribution in [0.1, 0.15) is 364 Å². The minimum absolute atomic E-state index is 0.104. The van der Waals surface area contributed by atoms with Crippen molar-refractivity contribution in [2.45, 2.75) is 382 Å². The Morgan fingerprint density at radius 2 is 0.522 bits per heavy atom. The lowest BCUT2D eigenvalue weighted by Gasteiger charge is -2.21. The Balaban J connectivity index is 5.23. The zero-order valence-electron chi connectivity index (χ0n) is 60.2. The normalized spacial score (nSPS) is 14.5. The second-order valence-corrected chi connectivity index (χ2v) is 30.9. The molecule has 0 bridgehead atoms. The third-order valence-corrected chi connectivity index (χ3v) is 19.1. The van der Waals surface area contributed by atoms with Crippen LogP contribution in [0, 0.1) is 23.7 Å². The zero-order chi connectivity index (χ0) is 68.2. The van der Waals surface area contributed by atoms with Crippen molar-refractivity contribution in [1.29, 1.82) is 0 Å². The largest absolute Gasteiger partial charge is 0.472 e. The number of carbonyl (C=O) groups excluding carboxylic acids is 4. The summed E-state index contributed by atoms with van der Waals surface area (Å²) in [5, 5.41) is 10.6. The number of esters is 4. The smallest absolute Gasteiger partial charge is 0.462 e. The fourth-order valence-electron chi connectivity index (χ4n) is 11.0. The molecule has 19 heteroatoms. The van der Waals surface area contributed by atoms with Gasteiger partial charge in [-0.3, -0.25) is 37.3 Å². The average Bonchev–Trinajstić information content (AvgIpc) is 2.53. The van der Waals surface area contributed by atoms with Crippen LogP contribution in [0.15, 0.2) is 0 Å². The fourth-order valence-corrected chi connectivity index (χ4v) is 12.6. The van der Waals surface area contributed by atoms with Crippen LogP contribution in [0.5, 0.6) is 0 Å². The lowest BCUT2D eigenvalue weighted by atomic mass is 10.00. The van der Waals surface area contributed by atoms with Crippen LogP contribution in [-0.2, 0) is 65.4 Å². The van der Waals surface area contributed by atoms with Gasteiger partial charge >= 0.3 is 39.5 Å². The van der Waals surface area contributed by atoms with Gasteiger partial charge in [0, 0.05) is 25.7 Å². The molecule has 0 aromatic rings. The van der Waals surface area contributed by atoms with Gasteiger partial charge in [0.1, 0.15) is 19.3 Å². The molecule has 0 fully saturated rings. The predicted octanol–water partition coefficient (Wildman–Crippen LogP) is 20.9. The van der Waals surface area contributed by atoms with E-state index in [0.29, 0.717) is 25.7 Å². The van der Waals surface area contributed by atoms with Crippen molar-refractivity contribution in [2.24, 2.45) is 23.7 Å². The highest BCUT2D eigenvalue weighted by atomic mass is 31.2. The molecule has 0 amide bonds. The van der Waals surface area contributed by atoms with Crippen molar-refractivity contribution >= 4 is 39.5 Å². The number of carbonyl (C=O) groups is 4. The molecule has 0 rings (SSSR count). The van der Waals surface area contributed by atoms with E-state index in [0.717, 1.165) is 120 Å². The number of aliphatic hydroxyl groups excluding tert-OH is 1. The Morgan fingerprint density at radius 3 is 0.772 bits per heavy atom. The highest BCUT2D eigenvalue weighted by molar-refractivity contribution is 7.47. The summed E-state index contributed by atoms with van der Waals surface area (Å²) >= 11 is 0. The summed E-state index contributed by atoms with van der Waals surface area (Å²) in [7, 11) is -9.91. The minimum atomic E-state index is -4.95. The number of rotatable bonds is 70. The maximum atomic E-state index is 13.0. The van der Waals surface area contributed by atoms with Gasteiger partial charge in [-0.2, -0.15) is 0 Å². The number of phosphoric acid groups is 2. The van der Waals surface area contributed by atoms with E-state index < -0.39 is 97.5 Å². The summed E-state index contributed by atoms with van der Waals surface area (Å²) in [4.78, 5) is 72.7. The third-order valence-electron chi connectivity index (χ3n) is 17.2. The van der Waals surface area contributed by atoms with Crippen molar-refractivity contribution in [3.8, 4) is 0 Å². The van der Waals surface area contributed by atoms with Gasteiger partial charge in [-0.1, -0.05) is 312 Å². The molecule has 0 aliphatic carbocycles. The van der Waals surface area contributed by atoms with E-state index in [1.54, 1.807) is 0 Å². The lowest BCUT2D eigenvalue weighted by molar-refractivity contribution is -0.161. The fraction of sp³-hybridized carbons (Fsp3) is 0.945. The van der Waals surface area contributed by atoms with Gasteiger partial charge in [0.2, 0.25) is 0 Å². The molecule has 0 aromatic carbocycles. The Kier molecular flexibility index (Phi) is 61.3. The number of phosphoric ester groups is 2. The van der Waals surface area contributed by atoms with Gasteiger partial charge in [-0.05, 0) is 49.4 Å². The number of unbranched alkanes of at least 4 members (excludes halogenated alkanes) is 35. The molecule has 0 aromatic heterocycles. The first-order valence-corrected chi connectivity index (χ1v) is 40.7. The molecule has 0 heterocycles. The number of aliphatic hydroxyl groups is 1. The predicted molar refractivity (Wildman–Crippen MR) is 372 cm³/mol. The van der Waals surface area contributed by atoms with E-state index in [-0.39, 0.29) is 25.7 Å². The van der Waals surface area contributed by atoms with Crippen molar-refractivity contribution in [3.63, 3.8) is 0 Å². The van der Waals surface area contributed by atoms with E-state index in [1.807, 2.05) is 0 Å². The highest BCUT2D eigenvalue weighted by Gasteiger charge is 2.30. The monoisotopic (exact) mass is 1350 g/mol. The molecule has 0 saturated heterocycles. The van der Waals surface area contributed by atoms with Crippen molar-refractivity contribution in [2.75, 3.05) is 39.6 Å². The summed E-state index contributed by atoms with van der Waals surface area (Å²) in [6.07, 6.45) is 45.9. The molecule has 546 valence electrons. The van der Waals surface area contributed by atoms with E-state index in [9.17, 15) is 43.2 Å². The van der Waals surface area contributed by atoms with Gasteiger partial charge in [0.25, 0.3) is 0 Å². The van der Waals surface area contributed by atoms with Crippen LogP contribution >= 0.6 is 15.6 Å². The highest BCUT2D eigenvalue weighted by Crippen LogP contribution is 2.45. The van der Waals surface area contributed by atoms with Crippen LogP contribution in [0.3, 0.4) is 0 Å². The van der Waals surface area contributed by atoms with Crippen LogP contribution < -0.4 is 0 Å². The Bertz CT molecular complexity index is 1820. The molecule has 0 aliphatic heterocycles. The molecule has 92 heavy (non-hydrogen) atoms. The average molecular weight is 1350 g/mol. The Hall–Kier alpha value is -1.94. The molecule has 0 radical (unpaired) electrons. The van der Waals surface area contributed by atoms with E-state index in [4.69, 9.17) is 37.0 Å². The zero-order valence-corrected chi connectivity index (χ0v) is 62.0. The number of hydrogen-bond acceptors (Lipinski definition) is 15. The van der Waals surface area contributed by atoms with Gasteiger partial charge in [-0.15, -0.1) is 0 Å². The number of ether oxygens (including phenoxy) is 4. The molecular weight excluding hydrogens is 1210 g/mol. The van der Waals surface area contributed by atoms with Crippen LogP contribution in [0.2, 0.25) is 0 Å². The van der Waals surface area contributed by atoms with Gasteiger partial charge < -0.3 is 33.8 Å². The summed E-state index contributed by atoms with van der Waals surface area (Å²) in [6, 6.07) is 0. The summed E-state index contributed by atoms with van der Waals surface area (Å²) < 4.78 is 68.4. The van der Waals surface area contributed by atoms with Crippen molar-refractivity contribution in [1.82, 2.24) is 0 Å². The standard InChI is InChI=1S/C73H142O17P2/c1-9-66(8)52-44-36-31-32-38-46-54-71(76)84-60-69(90-72(77)55-47-39-29-22-16-14-12-10-11-13-15-19-25-33-41-49-63(2)3)62-88-92(81,82)86-58-67(74)57-85-91(79,80)87-61-68(89-73(78)56-48-40-30-24-18-21-27-35-43-51-65(6)7)59-83-70(75)53-45-37-28-23-17-20-26-34-42-50-64(4)5/h63-69,74H,9-62H2,1-8H3,(H,79,80)(H,81,82)/t66?,67-,68-,69-/m1/s1. The molecule has 3 unspecified atom stereocenters. The quantitative estimate of drug-likeness (QED) is 0.0222. The van der Waals surface area contributed by atoms with Crippen molar-refractivity contribution in [3.05, 3.63) is 0 Å². The first-order valence-electron chi connectivity index (χ1n) is 37.7. The van der Waals surface area contributed by atoms with E-state index >= 15 is 0 Å². The topological polar surface area (TPSA) is 237 Å². The van der Waals surface area contributed by atoms with Gasteiger partial charge in [0.15, 0.2) is 12.2 Å². The summed E-state index contributed by atoms with van der Waals surface area (Å²) in [5.74, 6) is 0.887. The molecule has 17 nitrogen and oxygen atoms in total. The number of hydrogen-bond donors (Lipinski definition) is 3. The molecular formula is C73H142O17P2. The maximum Gasteiger partial charge on any atom is 0.472 e. The maximum absolute atomic E-state index is 13.0. The SMILES string of the molecule is CCC(C)CCCCCCCCC(=O)OC[C@H](COP(=O)(O)OC[C@H](O)COP(=O)(O)OC[C@@H](COC(=O)CCCCCCCCCCCC(C)C)OC(=O)CCCCCCCCCCCC(C)C)OC(=O)CCCCCCCCCCCCCCCCCC(C)C. The van der Waals surface area contributed by atoms with Crippen molar-refractivity contribution < 1.29 is 80.2 Å². The Morgan fingerprint density at radius 1 is 0.304 bits per heavy atom. The molecule has 0 spiro atoms.